The molecule has 0 aromatic heterocycles. The summed E-state index contributed by atoms with van der Waals surface area (Å²) < 4.78 is 5.04. The molecular formula is C17H21NO4. The molecule has 1 aliphatic heterocycles. The van der Waals surface area contributed by atoms with E-state index in [1.807, 2.05) is 37.3 Å². The van der Waals surface area contributed by atoms with Crippen molar-refractivity contribution in [2.75, 3.05) is 6.61 Å². The largest absolute Gasteiger partial charge is 0.464 e. The lowest BCUT2D eigenvalue weighted by atomic mass is 9.89. The highest BCUT2D eigenvalue weighted by Gasteiger charge is 2.46. The maximum Gasteiger partial charge on any atom is 0.335 e. The van der Waals surface area contributed by atoms with Crippen LogP contribution in [0.5, 0.6) is 0 Å². The van der Waals surface area contributed by atoms with Crippen LogP contribution in [0.1, 0.15) is 39.2 Å². The third-order valence-electron chi connectivity index (χ3n) is 3.66. The highest BCUT2D eigenvalue weighted by molar-refractivity contribution is 5.92. The lowest BCUT2D eigenvalue weighted by Gasteiger charge is -2.39. The fraction of sp³-hybridized carbons (Fsp3) is 0.412. The number of rotatable bonds is 4. The third-order valence-corrected chi connectivity index (χ3v) is 3.66. The van der Waals surface area contributed by atoms with E-state index in [2.05, 4.69) is 0 Å². The van der Waals surface area contributed by atoms with Crippen LogP contribution in [0.4, 0.5) is 0 Å². The number of esters is 1. The van der Waals surface area contributed by atoms with Crippen molar-refractivity contribution in [3.63, 3.8) is 0 Å². The fourth-order valence-electron chi connectivity index (χ4n) is 2.42. The maximum absolute atomic E-state index is 12.8. The van der Waals surface area contributed by atoms with E-state index in [1.54, 1.807) is 20.8 Å². The Kier molecular flexibility index (Phi) is 4.54. The molecule has 0 fully saturated rings. The number of hydrogen-bond acceptors (Lipinski definition) is 4. The van der Waals surface area contributed by atoms with Gasteiger partial charge in [-0.25, -0.2) is 4.79 Å². The summed E-state index contributed by atoms with van der Waals surface area (Å²) in [7, 11) is 0. The molecule has 22 heavy (non-hydrogen) atoms. The topological polar surface area (TPSA) is 55.8 Å². The molecule has 5 heteroatoms. The van der Waals surface area contributed by atoms with Crippen molar-refractivity contribution in [1.29, 1.82) is 0 Å². The van der Waals surface area contributed by atoms with Gasteiger partial charge in [-0.3, -0.25) is 4.79 Å². The molecule has 1 aliphatic rings. The Hall–Kier alpha value is -2.30. The number of hydrogen-bond donors (Lipinski definition) is 0. The molecule has 2 rings (SSSR count). The second kappa shape index (κ2) is 6.22. The molecule has 0 saturated carbocycles. The zero-order valence-electron chi connectivity index (χ0n) is 13.3. The van der Waals surface area contributed by atoms with Crippen molar-refractivity contribution >= 4 is 11.9 Å². The molecule has 1 aromatic rings. The molecule has 0 aliphatic carbocycles. The summed E-state index contributed by atoms with van der Waals surface area (Å²) in [5.74, 6) is -1.23. The molecule has 0 saturated heterocycles. The van der Waals surface area contributed by atoms with Crippen molar-refractivity contribution in [1.82, 2.24) is 5.06 Å². The summed E-state index contributed by atoms with van der Waals surface area (Å²) in [5.41, 5.74) is 0.471. The van der Waals surface area contributed by atoms with Gasteiger partial charge in [-0.15, -0.1) is 0 Å². The molecule has 5 nitrogen and oxygen atoms in total. The number of carbonyl (C=O) groups is 2. The van der Waals surface area contributed by atoms with Crippen molar-refractivity contribution in [3.05, 3.63) is 47.7 Å². The monoisotopic (exact) mass is 303 g/mol. The lowest BCUT2D eigenvalue weighted by Crippen LogP contribution is -2.55. The van der Waals surface area contributed by atoms with Gasteiger partial charge < -0.3 is 9.57 Å². The number of carbonyl (C=O) groups excluding carboxylic acids is 2. The van der Waals surface area contributed by atoms with Crippen LogP contribution < -0.4 is 0 Å². The first-order chi connectivity index (χ1) is 10.4. The Bertz CT molecular complexity index is 592. The van der Waals surface area contributed by atoms with E-state index in [-0.39, 0.29) is 12.5 Å². The van der Waals surface area contributed by atoms with Crippen molar-refractivity contribution in [3.8, 4) is 0 Å². The van der Waals surface area contributed by atoms with Gasteiger partial charge in [-0.2, -0.15) is 5.06 Å². The molecule has 1 amide bonds. The molecule has 0 bridgehead atoms. The molecule has 0 spiro atoms. The Morgan fingerprint density at radius 3 is 2.55 bits per heavy atom. The van der Waals surface area contributed by atoms with E-state index in [0.29, 0.717) is 0 Å². The van der Waals surface area contributed by atoms with E-state index in [0.717, 1.165) is 16.2 Å². The second-order valence-electron chi connectivity index (χ2n) is 5.72. The molecule has 1 atom stereocenters. The zero-order chi connectivity index (χ0) is 16.3. The quantitative estimate of drug-likeness (QED) is 0.803. The van der Waals surface area contributed by atoms with Crippen LogP contribution in [0.3, 0.4) is 0 Å². The van der Waals surface area contributed by atoms with E-state index < -0.39 is 17.4 Å². The van der Waals surface area contributed by atoms with Gasteiger partial charge >= 0.3 is 5.97 Å². The Balaban J connectivity index is 2.34. The fourth-order valence-corrected chi connectivity index (χ4v) is 2.42. The smallest absolute Gasteiger partial charge is 0.335 e. The van der Waals surface area contributed by atoms with Crippen LogP contribution >= 0.6 is 0 Å². The highest BCUT2D eigenvalue weighted by Crippen LogP contribution is 2.33. The number of nitrogens with zero attached hydrogens (tertiary/aromatic N) is 1. The summed E-state index contributed by atoms with van der Waals surface area (Å²) in [6.45, 7) is 7.04. The minimum atomic E-state index is -1.20. The third kappa shape index (κ3) is 2.84. The van der Waals surface area contributed by atoms with Gasteiger partial charge in [0.2, 0.25) is 0 Å². The molecule has 1 aromatic carbocycles. The van der Waals surface area contributed by atoms with E-state index >= 15 is 0 Å². The van der Waals surface area contributed by atoms with Crippen molar-refractivity contribution in [2.45, 2.75) is 39.2 Å². The molecule has 118 valence electrons. The maximum atomic E-state index is 12.8. The standard InChI is InChI=1S/C17H21NO4/c1-5-21-16(20)17(3,4)18-15(19)14(12(2)11-22-18)13-9-7-6-8-10-13/h6-11,14H,5H2,1-4H3. The van der Waals surface area contributed by atoms with Gasteiger partial charge in [-0.05, 0) is 38.8 Å². The van der Waals surface area contributed by atoms with Crippen LogP contribution in [-0.4, -0.2) is 29.1 Å². The summed E-state index contributed by atoms with van der Waals surface area (Å²) in [5, 5.41) is 1.11. The summed E-state index contributed by atoms with van der Waals surface area (Å²) in [6.07, 6.45) is 1.51. The Morgan fingerprint density at radius 1 is 1.32 bits per heavy atom. The van der Waals surface area contributed by atoms with Crippen molar-refractivity contribution in [2.24, 2.45) is 0 Å². The van der Waals surface area contributed by atoms with Gasteiger partial charge in [0.05, 0.1) is 12.5 Å². The first kappa shape index (κ1) is 16.1. The minimum Gasteiger partial charge on any atom is -0.464 e. The SMILES string of the molecule is CCOC(=O)C(C)(C)N1OC=C(C)C(c2ccccc2)C1=O. The van der Waals surface area contributed by atoms with Gasteiger partial charge in [0, 0.05) is 0 Å². The number of benzene rings is 1. The van der Waals surface area contributed by atoms with Gasteiger partial charge in [0.1, 0.15) is 6.26 Å². The van der Waals surface area contributed by atoms with Crippen LogP contribution in [0.15, 0.2) is 42.2 Å². The van der Waals surface area contributed by atoms with Gasteiger partial charge in [-0.1, -0.05) is 30.3 Å². The van der Waals surface area contributed by atoms with Crippen molar-refractivity contribution < 1.29 is 19.2 Å². The van der Waals surface area contributed by atoms with Crippen LogP contribution in [0.25, 0.3) is 0 Å². The summed E-state index contributed by atoms with van der Waals surface area (Å²) in [6, 6.07) is 9.44. The number of ether oxygens (including phenoxy) is 1. The average Bonchev–Trinajstić information content (AvgIpc) is 2.48. The minimum absolute atomic E-state index is 0.251. The van der Waals surface area contributed by atoms with E-state index in [4.69, 9.17) is 9.57 Å². The molecule has 1 heterocycles. The normalized spacial score (nSPS) is 18.5. The van der Waals surface area contributed by atoms with Gasteiger partial charge in [0.25, 0.3) is 5.91 Å². The molecule has 1 unspecified atom stereocenters. The molecular weight excluding hydrogens is 282 g/mol. The lowest BCUT2D eigenvalue weighted by molar-refractivity contribution is -0.209. The number of hydroxylamine groups is 2. The van der Waals surface area contributed by atoms with Crippen LogP contribution in [-0.2, 0) is 19.2 Å². The first-order valence-electron chi connectivity index (χ1n) is 7.29. The molecule has 0 radical (unpaired) electrons. The van der Waals surface area contributed by atoms with Crippen LogP contribution in [0, 0.1) is 0 Å². The zero-order valence-corrected chi connectivity index (χ0v) is 13.3. The first-order valence-corrected chi connectivity index (χ1v) is 7.29. The second-order valence-corrected chi connectivity index (χ2v) is 5.72. The predicted octanol–water partition coefficient (Wildman–Crippen LogP) is 2.79. The van der Waals surface area contributed by atoms with Crippen LogP contribution in [0.2, 0.25) is 0 Å². The van der Waals surface area contributed by atoms with E-state index in [9.17, 15) is 9.59 Å². The summed E-state index contributed by atoms with van der Waals surface area (Å²) >= 11 is 0. The molecule has 0 N–H and O–H groups in total. The highest BCUT2D eigenvalue weighted by atomic mass is 16.7. The Morgan fingerprint density at radius 2 is 1.95 bits per heavy atom. The predicted molar refractivity (Wildman–Crippen MR) is 81.6 cm³/mol. The average molecular weight is 303 g/mol. The number of amides is 1. The summed E-state index contributed by atoms with van der Waals surface area (Å²) in [4.78, 5) is 30.4. The van der Waals surface area contributed by atoms with Gasteiger partial charge in [0.15, 0.2) is 5.54 Å². The van der Waals surface area contributed by atoms with E-state index in [1.165, 1.54) is 6.26 Å². The Labute approximate surface area is 130 Å².